The zero-order valence-corrected chi connectivity index (χ0v) is 14.3. The topological polar surface area (TPSA) is 12.0 Å². The first-order valence-electron chi connectivity index (χ1n) is 8.36. The highest BCUT2D eigenvalue weighted by molar-refractivity contribution is 7.09. The second-order valence-electron chi connectivity index (χ2n) is 7.18. The van der Waals surface area contributed by atoms with Gasteiger partial charge in [-0.3, -0.25) is 0 Å². The van der Waals surface area contributed by atoms with Crippen LogP contribution in [0.3, 0.4) is 0 Å². The van der Waals surface area contributed by atoms with Crippen molar-refractivity contribution in [2.75, 3.05) is 6.54 Å². The summed E-state index contributed by atoms with van der Waals surface area (Å²) in [6.45, 7) is 8.31. The fourth-order valence-corrected chi connectivity index (χ4v) is 4.14. The summed E-state index contributed by atoms with van der Waals surface area (Å²) in [6, 6.07) is 5.19. The van der Waals surface area contributed by atoms with Gasteiger partial charge in [-0.15, -0.1) is 11.3 Å². The number of nitrogens with one attached hydrogen (secondary N) is 1. The lowest BCUT2D eigenvalue weighted by atomic mass is 9.70. The van der Waals surface area contributed by atoms with Gasteiger partial charge in [-0.1, -0.05) is 26.8 Å². The number of thiophene rings is 1. The average Bonchev–Trinajstić information content (AvgIpc) is 2.93. The number of aryl methyl sites for hydroxylation is 1. The zero-order valence-electron chi connectivity index (χ0n) is 13.5. The highest BCUT2D eigenvalue weighted by Crippen LogP contribution is 2.39. The van der Waals surface area contributed by atoms with Crippen LogP contribution in [0.2, 0.25) is 0 Å². The minimum Gasteiger partial charge on any atom is -0.314 e. The molecule has 1 unspecified atom stereocenters. The van der Waals surface area contributed by atoms with E-state index in [9.17, 15) is 0 Å². The summed E-state index contributed by atoms with van der Waals surface area (Å²) in [5, 5.41) is 6.03. The molecule has 1 aliphatic carbocycles. The SMILES string of the molecule is CCCNC(CCc1cccs1)C1CCC(C)(C)CC1. The molecular formula is C18H31NS. The van der Waals surface area contributed by atoms with Crippen LogP contribution in [0.15, 0.2) is 17.5 Å². The molecule has 2 heteroatoms. The smallest absolute Gasteiger partial charge is 0.00987 e. The first-order chi connectivity index (χ1) is 9.61. The molecule has 0 aromatic carbocycles. The molecule has 0 amide bonds. The van der Waals surface area contributed by atoms with E-state index in [0.29, 0.717) is 5.41 Å². The van der Waals surface area contributed by atoms with Crippen molar-refractivity contribution in [2.24, 2.45) is 11.3 Å². The van der Waals surface area contributed by atoms with E-state index in [1.807, 2.05) is 11.3 Å². The van der Waals surface area contributed by atoms with Gasteiger partial charge in [0.1, 0.15) is 0 Å². The lowest BCUT2D eigenvalue weighted by Crippen LogP contribution is -2.40. The van der Waals surface area contributed by atoms with Gasteiger partial charge in [-0.05, 0) is 74.3 Å². The third-order valence-electron chi connectivity index (χ3n) is 4.89. The molecule has 1 heterocycles. The lowest BCUT2D eigenvalue weighted by molar-refractivity contribution is 0.157. The maximum absolute atomic E-state index is 3.83. The zero-order chi connectivity index (χ0) is 14.4. The Kier molecular flexibility index (Phi) is 6.10. The normalized spacial score (nSPS) is 20.9. The molecule has 1 aromatic heterocycles. The van der Waals surface area contributed by atoms with Gasteiger partial charge in [-0.2, -0.15) is 0 Å². The summed E-state index contributed by atoms with van der Waals surface area (Å²) >= 11 is 1.91. The van der Waals surface area contributed by atoms with Crippen LogP contribution < -0.4 is 5.32 Å². The molecule has 1 N–H and O–H groups in total. The van der Waals surface area contributed by atoms with Crippen molar-refractivity contribution < 1.29 is 0 Å². The van der Waals surface area contributed by atoms with E-state index in [4.69, 9.17) is 0 Å². The maximum Gasteiger partial charge on any atom is 0.00987 e. The molecule has 0 spiro atoms. The summed E-state index contributed by atoms with van der Waals surface area (Å²) in [6.07, 6.45) is 9.44. The first kappa shape index (κ1) is 16.0. The van der Waals surface area contributed by atoms with Gasteiger partial charge in [0, 0.05) is 10.9 Å². The summed E-state index contributed by atoms with van der Waals surface area (Å²) < 4.78 is 0. The Morgan fingerprint density at radius 2 is 2.10 bits per heavy atom. The predicted molar refractivity (Wildman–Crippen MR) is 90.5 cm³/mol. The van der Waals surface area contributed by atoms with Crippen LogP contribution in [0, 0.1) is 11.3 Å². The molecule has 20 heavy (non-hydrogen) atoms. The summed E-state index contributed by atoms with van der Waals surface area (Å²) in [5.41, 5.74) is 0.583. The van der Waals surface area contributed by atoms with Gasteiger partial charge in [0.05, 0.1) is 0 Å². The van der Waals surface area contributed by atoms with E-state index in [1.165, 1.54) is 51.5 Å². The Morgan fingerprint density at radius 3 is 2.70 bits per heavy atom. The maximum atomic E-state index is 3.83. The van der Waals surface area contributed by atoms with Crippen LogP contribution in [0.1, 0.15) is 64.2 Å². The van der Waals surface area contributed by atoms with Crippen LogP contribution >= 0.6 is 11.3 Å². The Bertz CT molecular complexity index is 359. The van der Waals surface area contributed by atoms with Crippen molar-refractivity contribution in [1.82, 2.24) is 5.32 Å². The highest BCUT2D eigenvalue weighted by Gasteiger charge is 2.30. The third-order valence-corrected chi connectivity index (χ3v) is 5.83. The van der Waals surface area contributed by atoms with E-state index in [1.54, 1.807) is 4.88 Å². The molecule has 0 radical (unpaired) electrons. The van der Waals surface area contributed by atoms with Crippen molar-refractivity contribution in [3.8, 4) is 0 Å². The van der Waals surface area contributed by atoms with Crippen molar-refractivity contribution >= 4 is 11.3 Å². The summed E-state index contributed by atoms with van der Waals surface area (Å²) in [5.74, 6) is 0.898. The Labute approximate surface area is 129 Å². The molecule has 114 valence electrons. The van der Waals surface area contributed by atoms with Crippen LogP contribution in [-0.4, -0.2) is 12.6 Å². The molecule has 1 saturated carbocycles. The minimum absolute atomic E-state index is 0.583. The summed E-state index contributed by atoms with van der Waals surface area (Å²) in [7, 11) is 0. The van der Waals surface area contributed by atoms with Crippen molar-refractivity contribution in [3.05, 3.63) is 22.4 Å². The van der Waals surface area contributed by atoms with Gasteiger partial charge < -0.3 is 5.32 Å². The lowest BCUT2D eigenvalue weighted by Gasteiger charge is -2.38. The Hall–Kier alpha value is -0.340. The van der Waals surface area contributed by atoms with Crippen molar-refractivity contribution in [2.45, 2.75) is 71.8 Å². The van der Waals surface area contributed by atoms with Gasteiger partial charge >= 0.3 is 0 Å². The van der Waals surface area contributed by atoms with Crippen LogP contribution in [0.4, 0.5) is 0 Å². The largest absolute Gasteiger partial charge is 0.314 e. The van der Waals surface area contributed by atoms with Crippen LogP contribution in [0.25, 0.3) is 0 Å². The molecule has 1 aliphatic rings. The van der Waals surface area contributed by atoms with Gasteiger partial charge in [-0.25, -0.2) is 0 Å². The third kappa shape index (κ3) is 4.89. The van der Waals surface area contributed by atoms with Crippen LogP contribution in [-0.2, 0) is 6.42 Å². The van der Waals surface area contributed by atoms with Gasteiger partial charge in [0.2, 0.25) is 0 Å². The predicted octanol–water partition coefficient (Wildman–Crippen LogP) is 5.27. The molecular weight excluding hydrogens is 262 g/mol. The monoisotopic (exact) mass is 293 g/mol. The Morgan fingerprint density at radius 1 is 1.35 bits per heavy atom. The average molecular weight is 294 g/mol. The van der Waals surface area contributed by atoms with E-state index < -0.39 is 0 Å². The first-order valence-corrected chi connectivity index (χ1v) is 9.24. The number of hydrogen-bond donors (Lipinski definition) is 1. The molecule has 0 bridgehead atoms. The fraction of sp³-hybridized carbons (Fsp3) is 0.778. The highest BCUT2D eigenvalue weighted by atomic mass is 32.1. The molecule has 0 saturated heterocycles. The van der Waals surface area contributed by atoms with Gasteiger partial charge in [0.15, 0.2) is 0 Å². The fourth-order valence-electron chi connectivity index (χ4n) is 3.41. The van der Waals surface area contributed by atoms with Crippen molar-refractivity contribution in [1.29, 1.82) is 0 Å². The molecule has 2 rings (SSSR count). The summed E-state index contributed by atoms with van der Waals surface area (Å²) in [4.78, 5) is 1.55. The molecule has 1 atom stereocenters. The molecule has 1 aromatic rings. The van der Waals surface area contributed by atoms with E-state index in [2.05, 4.69) is 43.6 Å². The second kappa shape index (κ2) is 7.61. The standard InChI is InChI=1S/C18H31NS/c1-4-13-19-17(8-7-16-6-5-14-20-16)15-9-11-18(2,3)12-10-15/h5-6,14-15,17,19H,4,7-13H2,1-3H3. The van der Waals surface area contributed by atoms with E-state index in [0.717, 1.165) is 12.0 Å². The van der Waals surface area contributed by atoms with Crippen molar-refractivity contribution in [3.63, 3.8) is 0 Å². The number of rotatable bonds is 7. The molecule has 1 fully saturated rings. The van der Waals surface area contributed by atoms with Gasteiger partial charge in [0.25, 0.3) is 0 Å². The Balaban J connectivity index is 1.86. The van der Waals surface area contributed by atoms with Crippen LogP contribution in [0.5, 0.6) is 0 Å². The van der Waals surface area contributed by atoms with E-state index >= 15 is 0 Å². The molecule has 0 aliphatic heterocycles. The molecule has 1 nitrogen and oxygen atoms in total. The second-order valence-corrected chi connectivity index (χ2v) is 8.21. The minimum atomic E-state index is 0.583. The number of hydrogen-bond acceptors (Lipinski definition) is 2. The quantitative estimate of drug-likeness (QED) is 0.722. The van der Waals surface area contributed by atoms with E-state index in [-0.39, 0.29) is 0 Å².